The van der Waals surface area contributed by atoms with Gasteiger partial charge >= 0.3 is 0 Å². The summed E-state index contributed by atoms with van der Waals surface area (Å²) in [6.07, 6.45) is 1.68. The summed E-state index contributed by atoms with van der Waals surface area (Å²) in [7, 11) is 0. The van der Waals surface area contributed by atoms with Crippen molar-refractivity contribution < 1.29 is 9.47 Å². The molecule has 28 heavy (non-hydrogen) atoms. The monoisotopic (exact) mass is 415 g/mol. The molecule has 0 unspecified atom stereocenters. The Morgan fingerprint density at radius 1 is 1.14 bits per heavy atom. The maximum Gasteiger partial charge on any atom is 0.203 e. The number of aryl methyl sites for hydroxylation is 1. The molecule has 1 aromatic heterocycles. The van der Waals surface area contributed by atoms with E-state index in [-0.39, 0.29) is 0 Å². The van der Waals surface area contributed by atoms with Crippen molar-refractivity contribution in [1.29, 1.82) is 0 Å². The number of hydrazone groups is 1. The minimum atomic E-state index is 0.491. The summed E-state index contributed by atoms with van der Waals surface area (Å²) in [4.78, 5) is 4.57. The van der Waals surface area contributed by atoms with Crippen LogP contribution in [-0.2, 0) is 0 Å². The van der Waals surface area contributed by atoms with Crippen LogP contribution in [0.4, 0.5) is 5.13 Å². The van der Waals surface area contributed by atoms with Gasteiger partial charge in [-0.3, -0.25) is 5.43 Å². The van der Waals surface area contributed by atoms with Crippen LogP contribution in [0.2, 0.25) is 5.02 Å². The predicted octanol–water partition coefficient (Wildman–Crippen LogP) is 6.02. The summed E-state index contributed by atoms with van der Waals surface area (Å²) in [5, 5.41) is 7.48. The summed E-state index contributed by atoms with van der Waals surface area (Å²) in [6, 6.07) is 11.9. The van der Waals surface area contributed by atoms with Crippen molar-refractivity contribution in [3.05, 3.63) is 57.9 Å². The van der Waals surface area contributed by atoms with Gasteiger partial charge in [0.05, 0.1) is 30.1 Å². The molecule has 146 valence electrons. The lowest BCUT2D eigenvalue weighted by Gasteiger charge is -2.13. The van der Waals surface area contributed by atoms with Gasteiger partial charge in [-0.2, -0.15) is 5.10 Å². The number of halogens is 1. The molecule has 7 heteroatoms. The maximum atomic E-state index is 6.33. The Balaban J connectivity index is 1.71. The largest absolute Gasteiger partial charge is 0.490 e. The number of benzene rings is 2. The number of hydrogen-bond donors (Lipinski definition) is 1. The molecule has 0 fully saturated rings. The minimum absolute atomic E-state index is 0.491. The van der Waals surface area contributed by atoms with Crippen molar-refractivity contribution in [3.63, 3.8) is 0 Å². The van der Waals surface area contributed by atoms with E-state index in [2.05, 4.69) is 46.7 Å². The highest BCUT2D eigenvalue weighted by molar-refractivity contribution is 7.14. The van der Waals surface area contributed by atoms with Crippen LogP contribution < -0.4 is 14.9 Å². The van der Waals surface area contributed by atoms with E-state index in [1.807, 2.05) is 25.3 Å². The maximum absolute atomic E-state index is 6.33. The summed E-state index contributed by atoms with van der Waals surface area (Å²) in [5.74, 6) is 1.16. The molecule has 0 spiro atoms. The first kappa shape index (κ1) is 20.2. The Morgan fingerprint density at radius 3 is 2.61 bits per heavy atom. The van der Waals surface area contributed by atoms with Crippen LogP contribution in [0.15, 0.2) is 46.9 Å². The Bertz CT molecular complexity index is 955. The standard InChI is InChI=1S/C21H22ClN3O2S/c1-4-26-19-11-15(10-17(22)20(19)27-5-2)12-23-25-21-24-18(13-28-21)16-8-6-14(3)7-9-16/h6-13H,4-5H2,1-3H3,(H,24,25)/b23-12-. The van der Waals surface area contributed by atoms with Gasteiger partial charge in [0.2, 0.25) is 5.13 Å². The minimum Gasteiger partial charge on any atom is -0.490 e. The average Bonchev–Trinajstić information content (AvgIpc) is 3.14. The molecule has 1 N–H and O–H groups in total. The number of ether oxygens (including phenoxy) is 2. The van der Waals surface area contributed by atoms with E-state index in [1.165, 1.54) is 16.9 Å². The average molecular weight is 416 g/mol. The van der Waals surface area contributed by atoms with Crippen LogP contribution >= 0.6 is 22.9 Å². The molecule has 3 aromatic rings. The Kier molecular flexibility index (Phi) is 6.90. The Morgan fingerprint density at radius 2 is 1.89 bits per heavy atom. The zero-order valence-corrected chi connectivity index (χ0v) is 17.6. The van der Waals surface area contributed by atoms with E-state index in [9.17, 15) is 0 Å². The molecule has 2 aromatic carbocycles. The van der Waals surface area contributed by atoms with E-state index in [0.717, 1.165) is 16.8 Å². The zero-order valence-electron chi connectivity index (χ0n) is 16.0. The number of thiazole rings is 1. The normalized spacial score (nSPS) is 11.0. The first-order valence-corrected chi connectivity index (χ1v) is 10.3. The lowest BCUT2D eigenvalue weighted by molar-refractivity contribution is 0.288. The van der Waals surface area contributed by atoms with Crippen molar-refractivity contribution in [2.75, 3.05) is 18.6 Å². The molecular weight excluding hydrogens is 394 g/mol. The third-order valence-electron chi connectivity index (χ3n) is 3.85. The number of aromatic nitrogens is 1. The van der Waals surface area contributed by atoms with Gasteiger partial charge in [-0.05, 0) is 38.5 Å². The molecule has 0 aliphatic heterocycles. The highest BCUT2D eigenvalue weighted by atomic mass is 35.5. The van der Waals surface area contributed by atoms with Crippen molar-refractivity contribution in [2.24, 2.45) is 5.10 Å². The van der Waals surface area contributed by atoms with Gasteiger partial charge in [0.1, 0.15) is 0 Å². The van der Waals surface area contributed by atoms with Gasteiger partial charge < -0.3 is 9.47 Å². The van der Waals surface area contributed by atoms with Crippen LogP contribution in [0.1, 0.15) is 25.0 Å². The Labute approximate surface area is 174 Å². The van der Waals surface area contributed by atoms with Gasteiger partial charge in [0.25, 0.3) is 0 Å². The highest BCUT2D eigenvalue weighted by Gasteiger charge is 2.11. The molecule has 0 atom stereocenters. The third kappa shape index (κ3) is 5.03. The van der Waals surface area contributed by atoms with Gasteiger partial charge in [-0.1, -0.05) is 41.4 Å². The van der Waals surface area contributed by atoms with Crippen LogP contribution in [-0.4, -0.2) is 24.4 Å². The second kappa shape index (κ2) is 9.57. The second-order valence-electron chi connectivity index (χ2n) is 5.97. The molecule has 0 bridgehead atoms. The van der Waals surface area contributed by atoms with Gasteiger partial charge in [0, 0.05) is 10.9 Å². The third-order valence-corrected chi connectivity index (χ3v) is 4.87. The van der Waals surface area contributed by atoms with Crippen LogP contribution in [0.5, 0.6) is 11.5 Å². The fourth-order valence-electron chi connectivity index (χ4n) is 2.55. The SMILES string of the molecule is CCOc1cc(/C=N\Nc2nc(-c3ccc(C)cc3)cs2)cc(Cl)c1OCC. The number of nitrogens with zero attached hydrogens (tertiary/aromatic N) is 2. The van der Waals surface area contributed by atoms with E-state index in [1.54, 1.807) is 12.3 Å². The molecule has 0 amide bonds. The van der Waals surface area contributed by atoms with Crippen LogP contribution in [0, 0.1) is 6.92 Å². The molecular formula is C21H22ClN3O2S. The van der Waals surface area contributed by atoms with Crippen molar-refractivity contribution in [1.82, 2.24) is 4.98 Å². The molecule has 0 saturated heterocycles. The second-order valence-corrected chi connectivity index (χ2v) is 7.24. The summed E-state index contributed by atoms with van der Waals surface area (Å²) >= 11 is 7.83. The predicted molar refractivity (Wildman–Crippen MR) is 117 cm³/mol. The van der Waals surface area contributed by atoms with E-state index in [4.69, 9.17) is 21.1 Å². The van der Waals surface area contributed by atoms with Crippen molar-refractivity contribution >= 4 is 34.3 Å². The number of hydrogen-bond acceptors (Lipinski definition) is 6. The first-order chi connectivity index (χ1) is 13.6. The van der Waals surface area contributed by atoms with Gasteiger partial charge in [0.15, 0.2) is 11.5 Å². The van der Waals surface area contributed by atoms with Crippen LogP contribution in [0.3, 0.4) is 0 Å². The molecule has 5 nitrogen and oxygen atoms in total. The number of anilines is 1. The van der Waals surface area contributed by atoms with E-state index in [0.29, 0.717) is 34.9 Å². The molecule has 0 aliphatic carbocycles. The molecule has 1 heterocycles. The highest BCUT2D eigenvalue weighted by Crippen LogP contribution is 2.36. The first-order valence-electron chi connectivity index (χ1n) is 9.01. The molecule has 0 radical (unpaired) electrons. The molecule has 0 aliphatic rings. The van der Waals surface area contributed by atoms with Gasteiger partial charge in [-0.15, -0.1) is 11.3 Å². The quantitative estimate of drug-likeness (QED) is 0.361. The van der Waals surface area contributed by atoms with Crippen LogP contribution in [0.25, 0.3) is 11.3 Å². The summed E-state index contributed by atoms with van der Waals surface area (Å²) < 4.78 is 11.2. The fourth-order valence-corrected chi connectivity index (χ4v) is 3.50. The summed E-state index contributed by atoms with van der Waals surface area (Å²) in [6.45, 7) is 6.93. The number of nitrogens with one attached hydrogen (secondary N) is 1. The smallest absolute Gasteiger partial charge is 0.203 e. The zero-order chi connectivity index (χ0) is 19.9. The fraction of sp³-hybridized carbons (Fsp3) is 0.238. The topological polar surface area (TPSA) is 55.7 Å². The van der Waals surface area contributed by atoms with E-state index < -0.39 is 0 Å². The number of rotatable bonds is 8. The lowest BCUT2D eigenvalue weighted by atomic mass is 10.1. The van der Waals surface area contributed by atoms with Gasteiger partial charge in [-0.25, -0.2) is 4.98 Å². The van der Waals surface area contributed by atoms with Crippen molar-refractivity contribution in [2.45, 2.75) is 20.8 Å². The van der Waals surface area contributed by atoms with Crippen molar-refractivity contribution in [3.8, 4) is 22.8 Å². The molecule has 0 saturated carbocycles. The summed E-state index contributed by atoms with van der Waals surface area (Å²) in [5.41, 5.74) is 7.00. The Hall–Kier alpha value is -2.57. The van der Waals surface area contributed by atoms with E-state index >= 15 is 0 Å². The molecule has 3 rings (SSSR count). The lowest BCUT2D eigenvalue weighted by Crippen LogP contribution is -2.00.